The number of carbonyl (C=O) groups is 2. The van der Waals surface area contributed by atoms with Gasteiger partial charge >= 0.3 is 12.0 Å². The third-order valence-electron chi connectivity index (χ3n) is 17.2. The number of piperazine rings is 1. The number of carbonyl (C=O) groups excluding carboxylic acids is 2. The van der Waals surface area contributed by atoms with Gasteiger partial charge in [-0.25, -0.2) is 22.9 Å². The molecule has 5 unspecified atom stereocenters. The van der Waals surface area contributed by atoms with Crippen LogP contribution in [0.5, 0.6) is 11.8 Å². The topological polar surface area (TPSA) is 228 Å². The second-order valence-corrected chi connectivity index (χ2v) is 23.1. The maximum atomic E-state index is 17.5. The van der Waals surface area contributed by atoms with Crippen LogP contribution in [0.1, 0.15) is 85.4 Å². The van der Waals surface area contributed by atoms with Crippen molar-refractivity contribution < 1.29 is 42.1 Å². The molecule has 22 heteroatoms. The van der Waals surface area contributed by atoms with Crippen LogP contribution in [0, 0.1) is 23.0 Å². The fourth-order valence-corrected chi connectivity index (χ4v) is 14.5. The number of halogens is 4. The zero-order valence-electron chi connectivity index (χ0n) is 43.1. The van der Waals surface area contributed by atoms with Crippen LogP contribution >= 0.6 is 22.9 Å². The van der Waals surface area contributed by atoms with Gasteiger partial charge in [-0.1, -0.05) is 31.2 Å². The highest BCUT2D eigenvalue weighted by Crippen LogP contribution is 2.49. The predicted molar refractivity (Wildman–Crippen MR) is 291 cm³/mol. The van der Waals surface area contributed by atoms with E-state index in [2.05, 4.69) is 16.5 Å². The summed E-state index contributed by atoms with van der Waals surface area (Å²) < 4.78 is 67.3. The van der Waals surface area contributed by atoms with Crippen molar-refractivity contribution in [1.29, 1.82) is 5.26 Å². The van der Waals surface area contributed by atoms with Gasteiger partial charge < -0.3 is 45.2 Å². The number of amides is 1. The molecule has 3 fully saturated rings. The number of hydrogen-bond acceptors (Lipinski definition) is 16. The Hall–Kier alpha value is -7.35. The Morgan fingerprint density at radius 3 is 2.68 bits per heavy atom. The molecule has 3 saturated heterocycles. The number of cyclic esters (lactones) is 1. The molecule has 0 spiro atoms. The number of nitrogens with zero attached hydrogens (tertiary/aromatic N) is 8. The number of anilines is 2. The van der Waals surface area contributed by atoms with Crippen LogP contribution in [0.3, 0.4) is 0 Å². The summed E-state index contributed by atoms with van der Waals surface area (Å²) >= 11 is 7.89. The Kier molecular flexibility index (Phi) is 12.1. The smallest absolute Gasteiger partial charge is 0.343 e. The lowest BCUT2D eigenvalue weighted by Gasteiger charge is -2.41. The average molecular weight is 1110 g/mol. The normalized spacial score (nSPS) is 23.2. The molecule has 5 atom stereocenters. The van der Waals surface area contributed by atoms with E-state index in [1.807, 2.05) is 24.0 Å². The zero-order chi connectivity index (χ0) is 55.1. The molecule has 79 heavy (non-hydrogen) atoms. The largest absolute Gasteiger partial charge is 0.488 e. The van der Waals surface area contributed by atoms with Crippen LogP contribution in [0.4, 0.5) is 24.0 Å². The van der Waals surface area contributed by atoms with Gasteiger partial charge in [0, 0.05) is 88.7 Å². The number of nitriles is 1. The molecule has 17 nitrogen and oxygen atoms in total. The minimum absolute atomic E-state index is 0.00323. The first-order valence-corrected chi connectivity index (χ1v) is 27.5. The van der Waals surface area contributed by atoms with Crippen LogP contribution in [-0.4, -0.2) is 110 Å². The van der Waals surface area contributed by atoms with Crippen molar-refractivity contribution in [3.05, 3.63) is 109 Å². The van der Waals surface area contributed by atoms with Gasteiger partial charge in [-0.05, 0) is 87.0 Å². The third kappa shape index (κ3) is 7.72. The highest BCUT2D eigenvalue weighted by Gasteiger charge is 2.50. The van der Waals surface area contributed by atoms with Crippen LogP contribution in [0.25, 0.3) is 54.4 Å². The number of nitrogen functional groups attached to an aromatic ring is 1. The molecule has 7 aromatic rings. The summed E-state index contributed by atoms with van der Waals surface area (Å²) in [6.07, 6.45) is 2.01. The molecule has 1 aliphatic carbocycles. The molecule has 0 radical (unpaired) electrons. The van der Waals surface area contributed by atoms with Crippen LogP contribution in [0.2, 0.25) is 5.02 Å². The molecule has 0 saturated carbocycles. The maximum absolute atomic E-state index is 17.5. The molecular weight excluding hydrogens is 1060 g/mol. The van der Waals surface area contributed by atoms with Crippen LogP contribution in [-0.2, 0) is 39.5 Å². The molecule has 3 aromatic carbocycles. The van der Waals surface area contributed by atoms with E-state index < -0.39 is 41.0 Å². The Balaban J connectivity index is 0.773. The highest BCUT2D eigenvalue weighted by atomic mass is 35.5. The van der Waals surface area contributed by atoms with Gasteiger partial charge in [0.15, 0.2) is 11.4 Å². The Morgan fingerprint density at radius 1 is 1.08 bits per heavy atom. The molecule has 0 bridgehead atoms. The maximum Gasteiger partial charge on any atom is 0.343 e. The summed E-state index contributed by atoms with van der Waals surface area (Å²) in [7, 11) is 0. The molecule has 1 amide bonds. The summed E-state index contributed by atoms with van der Waals surface area (Å²) in [4.78, 5) is 61.3. The van der Waals surface area contributed by atoms with Gasteiger partial charge in [-0.3, -0.25) is 14.5 Å². The number of pyridine rings is 2. The SMILES string of the molecule is C=C(COc1ccc2nc3c(c4c2c1CCC4N)Cn1c-3cc2c(c1=O)COC(=O)C2(O)CC)C(=O)N1CCN(c2nc(OCC34CCCN3CC(F)C4)nc3c(F)c(-c4ccc(F)c5sc(N)c(C#N)c45)c(Cl)cc23)C(C)C1. The highest BCUT2D eigenvalue weighted by molar-refractivity contribution is 7.23. The fourth-order valence-electron chi connectivity index (χ4n) is 13.2. The summed E-state index contributed by atoms with van der Waals surface area (Å²) in [5.41, 5.74) is 14.8. The summed E-state index contributed by atoms with van der Waals surface area (Å²) in [5.74, 6) is -1.78. The molecule has 5 aliphatic heterocycles. The standard InChI is InChI=1S/C57H52ClF3N10O7S/c1-4-57(75)35-17-40-47-33(22-71(40)53(73)34(35)24-77-54(57)74)44-38(63)9-7-29-41(11-10-39(65-47)45(29)44)76-23-26(2)52(72)68-14-15-70(27(3)20-68)51-31-16-36(58)43(30-6-8-37(60)49-42(30)32(19-62)50(64)79-49)46(61)48(31)66-55(67-51)78-25-56-12-5-13-69(56)21-28(59)18-56/h6,8,10-11,16-17,27-28,38,75H,2,4-5,7,9,12-15,18,20-25,63-64H2,1,3H3. The molecular formula is C57H52ClF3N10O7S. The average Bonchev–Trinajstić information content (AvgIpc) is 4.42. The number of aryl methyl sites for hydroxylation is 1. The van der Waals surface area contributed by atoms with Crippen molar-refractivity contribution in [3.8, 4) is 40.3 Å². The predicted octanol–water partition coefficient (Wildman–Crippen LogP) is 7.86. The lowest BCUT2D eigenvalue weighted by Crippen LogP contribution is -2.54. The number of benzene rings is 3. The van der Waals surface area contributed by atoms with Crippen molar-refractivity contribution in [3.63, 3.8) is 0 Å². The van der Waals surface area contributed by atoms with E-state index in [0.717, 1.165) is 46.4 Å². The van der Waals surface area contributed by atoms with Crippen LogP contribution < -0.4 is 31.4 Å². The number of esters is 1. The third-order valence-corrected chi connectivity index (χ3v) is 18.5. The van der Waals surface area contributed by atoms with Crippen molar-refractivity contribution >= 4 is 77.5 Å². The van der Waals surface area contributed by atoms with Crippen molar-refractivity contribution in [2.75, 3.05) is 56.6 Å². The van der Waals surface area contributed by atoms with Gasteiger partial charge in [0.1, 0.15) is 60.0 Å². The zero-order valence-corrected chi connectivity index (χ0v) is 44.6. The van der Waals surface area contributed by atoms with E-state index in [0.29, 0.717) is 54.3 Å². The van der Waals surface area contributed by atoms with Crippen molar-refractivity contribution in [2.45, 2.75) is 94.9 Å². The molecule has 9 heterocycles. The molecule has 4 aromatic heterocycles. The number of hydrogen-bond donors (Lipinski definition) is 3. The van der Waals surface area contributed by atoms with Gasteiger partial charge in [-0.2, -0.15) is 15.2 Å². The van der Waals surface area contributed by atoms with E-state index in [-0.39, 0.29) is 147 Å². The minimum Gasteiger partial charge on any atom is -0.488 e. The van der Waals surface area contributed by atoms with Gasteiger partial charge in [0.05, 0.1) is 49.8 Å². The van der Waals surface area contributed by atoms with Gasteiger partial charge in [0.25, 0.3) is 11.5 Å². The summed E-state index contributed by atoms with van der Waals surface area (Å²) in [6, 6.07) is 10.5. The Labute approximate surface area is 458 Å². The first kappa shape index (κ1) is 51.1. The lowest BCUT2D eigenvalue weighted by molar-refractivity contribution is -0.172. The van der Waals surface area contributed by atoms with Crippen LogP contribution in [0.15, 0.2) is 53.3 Å². The minimum atomic E-state index is -1.97. The number of rotatable bonds is 10. The summed E-state index contributed by atoms with van der Waals surface area (Å²) in [5, 5.41) is 22.7. The van der Waals surface area contributed by atoms with E-state index in [4.69, 9.17) is 47.2 Å². The van der Waals surface area contributed by atoms with E-state index in [1.165, 1.54) is 18.2 Å². The number of fused-ring (bicyclic) bond motifs is 8. The second kappa shape index (κ2) is 18.6. The number of aromatic nitrogens is 4. The lowest BCUT2D eigenvalue weighted by atomic mass is 9.83. The second-order valence-electron chi connectivity index (χ2n) is 21.6. The quantitative estimate of drug-likeness (QED) is 0.0875. The van der Waals surface area contributed by atoms with E-state index >= 15 is 8.78 Å². The number of alkyl halides is 1. The number of ether oxygens (including phenoxy) is 3. The first-order chi connectivity index (χ1) is 37.9. The first-order valence-electron chi connectivity index (χ1n) is 26.3. The number of nitrogens with two attached hydrogens (primary N) is 2. The summed E-state index contributed by atoms with van der Waals surface area (Å²) in [6.45, 7) is 9.30. The number of thiophene rings is 1. The molecule has 5 N–H and O–H groups in total. The molecule has 13 rings (SSSR count). The molecule has 6 aliphatic rings. The van der Waals surface area contributed by atoms with E-state index in [1.54, 1.807) is 28.5 Å². The van der Waals surface area contributed by atoms with E-state index in [9.17, 15) is 29.1 Å². The molecule has 406 valence electrons. The van der Waals surface area contributed by atoms with Gasteiger partial charge in [-0.15, -0.1) is 11.3 Å². The Bertz CT molecular complexity index is 3980. The Morgan fingerprint density at radius 2 is 1.90 bits per heavy atom. The van der Waals surface area contributed by atoms with Gasteiger partial charge in [0.2, 0.25) is 0 Å². The van der Waals surface area contributed by atoms with Crippen molar-refractivity contribution in [1.82, 2.24) is 29.3 Å². The van der Waals surface area contributed by atoms with Crippen molar-refractivity contribution in [2.24, 2.45) is 5.73 Å². The monoisotopic (exact) mass is 1110 g/mol. The fraction of sp³-hybridized carbons (Fsp3) is 0.386. The number of aliphatic hydroxyl groups is 1.